The predicted octanol–water partition coefficient (Wildman–Crippen LogP) is 5.21. The number of carbonyl (C=O) groups is 1. The fourth-order valence-corrected chi connectivity index (χ4v) is 3.46. The molecule has 0 saturated heterocycles. The first-order chi connectivity index (χ1) is 14.3. The molecule has 0 aliphatic carbocycles. The van der Waals surface area contributed by atoms with Crippen LogP contribution in [-0.2, 0) is 9.53 Å². The van der Waals surface area contributed by atoms with Crippen molar-refractivity contribution in [2.45, 2.75) is 47.5 Å². The van der Waals surface area contributed by atoms with Crippen LogP contribution in [0.2, 0.25) is 0 Å². The average molecular weight is 409 g/mol. The van der Waals surface area contributed by atoms with Gasteiger partial charge in [-0.05, 0) is 68.5 Å². The quantitative estimate of drug-likeness (QED) is 0.610. The number of amides is 1. The Balaban J connectivity index is 1.57. The molecular formula is C25H32N2O3. The Hall–Kier alpha value is -2.82. The molecule has 0 saturated carbocycles. The zero-order chi connectivity index (χ0) is 21.7. The minimum absolute atomic E-state index is 0.00349. The number of anilines is 1. The molecule has 2 aromatic rings. The number of carbonyl (C=O) groups excluding carboxylic acids is 1. The van der Waals surface area contributed by atoms with Crippen LogP contribution in [0.25, 0.3) is 0 Å². The van der Waals surface area contributed by atoms with Gasteiger partial charge in [0, 0.05) is 16.7 Å². The van der Waals surface area contributed by atoms with Gasteiger partial charge in [-0.1, -0.05) is 32.0 Å². The molecule has 3 rings (SSSR count). The first kappa shape index (κ1) is 21.9. The van der Waals surface area contributed by atoms with E-state index in [0.717, 1.165) is 41.0 Å². The molecule has 0 bridgehead atoms. The SMILES string of the molecule is Cc1ccc(C)c(OCCCC(C)(C)C(=O)Nc2cccc(C3=NCCO3)c2C)c1. The summed E-state index contributed by atoms with van der Waals surface area (Å²) in [7, 11) is 0. The Bertz CT molecular complexity index is 947. The maximum absolute atomic E-state index is 13.0. The van der Waals surface area contributed by atoms with Gasteiger partial charge in [0.1, 0.15) is 12.4 Å². The van der Waals surface area contributed by atoms with Gasteiger partial charge in [-0.25, -0.2) is 4.99 Å². The average Bonchev–Trinajstić information content (AvgIpc) is 3.24. The van der Waals surface area contributed by atoms with E-state index in [2.05, 4.69) is 35.4 Å². The van der Waals surface area contributed by atoms with E-state index >= 15 is 0 Å². The van der Waals surface area contributed by atoms with E-state index in [9.17, 15) is 4.79 Å². The van der Waals surface area contributed by atoms with Crippen molar-refractivity contribution >= 4 is 17.5 Å². The largest absolute Gasteiger partial charge is 0.493 e. The van der Waals surface area contributed by atoms with Gasteiger partial charge in [0.25, 0.3) is 0 Å². The Labute approximate surface area is 179 Å². The number of nitrogens with one attached hydrogen (secondary N) is 1. The third-order valence-electron chi connectivity index (χ3n) is 5.56. The van der Waals surface area contributed by atoms with Crippen LogP contribution >= 0.6 is 0 Å². The minimum Gasteiger partial charge on any atom is -0.493 e. The summed E-state index contributed by atoms with van der Waals surface area (Å²) in [6, 6.07) is 12.0. The molecule has 0 aromatic heterocycles. The second-order valence-corrected chi connectivity index (χ2v) is 8.57. The summed E-state index contributed by atoms with van der Waals surface area (Å²) >= 11 is 0. The Kier molecular flexibility index (Phi) is 6.80. The molecule has 0 atom stereocenters. The van der Waals surface area contributed by atoms with Crippen molar-refractivity contribution in [3.63, 3.8) is 0 Å². The molecule has 1 N–H and O–H groups in total. The summed E-state index contributed by atoms with van der Waals surface area (Å²) in [5.74, 6) is 1.58. The van der Waals surface area contributed by atoms with Gasteiger partial charge < -0.3 is 14.8 Å². The lowest BCUT2D eigenvalue weighted by Gasteiger charge is -2.24. The molecule has 1 aliphatic heterocycles. The van der Waals surface area contributed by atoms with Crippen molar-refractivity contribution in [1.82, 2.24) is 0 Å². The molecule has 5 nitrogen and oxygen atoms in total. The monoisotopic (exact) mass is 408 g/mol. The summed E-state index contributed by atoms with van der Waals surface area (Å²) in [5, 5.41) is 3.10. The predicted molar refractivity (Wildman–Crippen MR) is 122 cm³/mol. The maximum Gasteiger partial charge on any atom is 0.230 e. The van der Waals surface area contributed by atoms with Gasteiger partial charge in [-0.3, -0.25) is 4.79 Å². The van der Waals surface area contributed by atoms with Crippen LogP contribution in [0.5, 0.6) is 5.75 Å². The van der Waals surface area contributed by atoms with Gasteiger partial charge in [0.05, 0.1) is 13.2 Å². The normalized spacial score (nSPS) is 13.6. The fourth-order valence-electron chi connectivity index (χ4n) is 3.46. The Morgan fingerprint density at radius 2 is 2.00 bits per heavy atom. The first-order valence-corrected chi connectivity index (χ1v) is 10.6. The number of hydrogen-bond acceptors (Lipinski definition) is 4. The number of nitrogens with zero attached hydrogens (tertiary/aromatic N) is 1. The van der Waals surface area contributed by atoms with E-state index in [1.807, 2.05) is 45.9 Å². The maximum atomic E-state index is 13.0. The first-order valence-electron chi connectivity index (χ1n) is 10.6. The molecule has 1 heterocycles. The molecule has 160 valence electrons. The summed E-state index contributed by atoms with van der Waals surface area (Å²) in [5.41, 5.74) is 4.51. The van der Waals surface area contributed by atoms with Crippen LogP contribution < -0.4 is 10.1 Å². The zero-order valence-corrected chi connectivity index (χ0v) is 18.7. The number of aryl methyl sites for hydroxylation is 2. The third kappa shape index (κ3) is 5.21. The van der Waals surface area contributed by atoms with Crippen LogP contribution in [0.15, 0.2) is 41.4 Å². The highest BCUT2D eigenvalue weighted by Gasteiger charge is 2.28. The van der Waals surface area contributed by atoms with Crippen molar-refractivity contribution in [2.24, 2.45) is 10.4 Å². The summed E-state index contributed by atoms with van der Waals surface area (Å²) < 4.78 is 11.5. The second kappa shape index (κ2) is 9.33. The van der Waals surface area contributed by atoms with Gasteiger partial charge >= 0.3 is 0 Å². The van der Waals surface area contributed by atoms with Crippen molar-refractivity contribution in [3.8, 4) is 5.75 Å². The van der Waals surface area contributed by atoms with Gasteiger partial charge in [0.2, 0.25) is 11.8 Å². The molecule has 0 spiro atoms. The van der Waals surface area contributed by atoms with Crippen LogP contribution in [0, 0.1) is 26.2 Å². The molecule has 1 amide bonds. The van der Waals surface area contributed by atoms with E-state index in [1.54, 1.807) is 0 Å². The molecule has 0 radical (unpaired) electrons. The van der Waals surface area contributed by atoms with E-state index in [-0.39, 0.29) is 5.91 Å². The van der Waals surface area contributed by atoms with Crippen molar-refractivity contribution < 1.29 is 14.3 Å². The van der Waals surface area contributed by atoms with Gasteiger partial charge in [-0.2, -0.15) is 0 Å². The third-order valence-corrected chi connectivity index (χ3v) is 5.56. The van der Waals surface area contributed by atoms with Crippen LogP contribution in [0.4, 0.5) is 5.69 Å². The van der Waals surface area contributed by atoms with E-state index in [0.29, 0.717) is 25.7 Å². The lowest BCUT2D eigenvalue weighted by atomic mass is 9.86. The smallest absolute Gasteiger partial charge is 0.230 e. The Morgan fingerprint density at radius 1 is 1.20 bits per heavy atom. The van der Waals surface area contributed by atoms with E-state index in [4.69, 9.17) is 9.47 Å². The lowest BCUT2D eigenvalue weighted by molar-refractivity contribution is -0.124. The highest BCUT2D eigenvalue weighted by atomic mass is 16.5. The summed E-state index contributed by atoms with van der Waals surface area (Å²) in [6.45, 7) is 11.9. The Morgan fingerprint density at radius 3 is 2.73 bits per heavy atom. The van der Waals surface area contributed by atoms with Crippen molar-refractivity contribution in [1.29, 1.82) is 0 Å². The molecule has 0 fully saturated rings. The highest BCUT2D eigenvalue weighted by molar-refractivity contribution is 6.00. The standard InChI is InChI=1S/C25H32N2O3/c1-17-10-11-18(2)22(16-17)29-14-7-12-25(4,5)24(28)27-21-9-6-8-20(19(21)3)23-26-13-15-30-23/h6,8-11,16H,7,12-15H2,1-5H3,(H,27,28). The highest BCUT2D eigenvalue weighted by Crippen LogP contribution is 2.28. The number of aliphatic imine (C=N–C) groups is 1. The van der Waals surface area contributed by atoms with Crippen molar-refractivity contribution in [3.05, 3.63) is 58.7 Å². The molecule has 2 aromatic carbocycles. The number of ether oxygens (including phenoxy) is 2. The number of hydrogen-bond donors (Lipinski definition) is 1. The minimum atomic E-state index is -0.505. The molecule has 1 aliphatic rings. The summed E-state index contributed by atoms with van der Waals surface area (Å²) in [6.07, 6.45) is 1.54. The molecule has 30 heavy (non-hydrogen) atoms. The fraction of sp³-hybridized carbons (Fsp3) is 0.440. The van der Waals surface area contributed by atoms with Crippen LogP contribution in [0.3, 0.4) is 0 Å². The molecule has 0 unspecified atom stereocenters. The second-order valence-electron chi connectivity index (χ2n) is 8.57. The molecule has 5 heteroatoms. The lowest BCUT2D eigenvalue weighted by Crippen LogP contribution is -2.31. The molecular weight excluding hydrogens is 376 g/mol. The summed E-state index contributed by atoms with van der Waals surface area (Å²) in [4.78, 5) is 17.4. The van der Waals surface area contributed by atoms with Crippen LogP contribution in [0.1, 0.15) is 48.9 Å². The number of benzene rings is 2. The van der Waals surface area contributed by atoms with E-state index < -0.39 is 5.41 Å². The zero-order valence-electron chi connectivity index (χ0n) is 18.7. The van der Waals surface area contributed by atoms with Gasteiger partial charge in [0.15, 0.2) is 0 Å². The number of rotatable bonds is 8. The van der Waals surface area contributed by atoms with Crippen molar-refractivity contribution in [2.75, 3.05) is 25.1 Å². The van der Waals surface area contributed by atoms with E-state index in [1.165, 1.54) is 5.56 Å². The topological polar surface area (TPSA) is 59.9 Å². The van der Waals surface area contributed by atoms with Crippen LogP contribution in [-0.4, -0.2) is 31.6 Å². The van der Waals surface area contributed by atoms with Gasteiger partial charge in [-0.15, -0.1) is 0 Å².